The number of pyridine rings is 2. The average Bonchev–Trinajstić information content (AvgIpc) is 3.31. The molecule has 180 valence electrons. The Morgan fingerprint density at radius 1 is 1.06 bits per heavy atom. The molecule has 5 rings (SSSR count). The van der Waals surface area contributed by atoms with Gasteiger partial charge in [0.25, 0.3) is 5.91 Å². The van der Waals surface area contributed by atoms with Crippen molar-refractivity contribution in [3.05, 3.63) is 97.9 Å². The van der Waals surface area contributed by atoms with Gasteiger partial charge in [-0.1, -0.05) is 23.7 Å². The summed E-state index contributed by atoms with van der Waals surface area (Å²) in [5.41, 5.74) is 1.84. The maximum atomic E-state index is 13.4. The Bertz CT molecular complexity index is 1380. The highest BCUT2D eigenvalue weighted by atomic mass is 35.5. The predicted molar refractivity (Wildman–Crippen MR) is 138 cm³/mol. The SMILES string of the molecule is O=C(NCc1ccc(Cl)cc1)c1cn(Cc2ccncc2)c2sc(CN3CCOCC3)cc2c1=O. The van der Waals surface area contributed by atoms with Gasteiger partial charge >= 0.3 is 0 Å². The highest BCUT2D eigenvalue weighted by Crippen LogP contribution is 2.26. The zero-order chi connectivity index (χ0) is 24.2. The molecule has 1 fully saturated rings. The van der Waals surface area contributed by atoms with Crippen LogP contribution in [0.1, 0.15) is 26.4 Å². The molecular formula is C26H25ClN4O3S. The van der Waals surface area contributed by atoms with Crippen LogP contribution in [-0.4, -0.2) is 46.7 Å². The number of halogens is 1. The Labute approximate surface area is 211 Å². The van der Waals surface area contributed by atoms with E-state index in [1.165, 1.54) is 0 Å². The Kier molecular flexibility index (Phi) is 7.24. The van der Waals surface area contributed by atoms with Gasteiger partial charge in [0.05, 0.1) is 18.6 Å². The summed E-state index contributed by atoms with van der Waals surface area (Å²) in [7, 11) is 0. The topological polar surface area (TPSA) is 76.5 Å². The third-order valence-electron chi connectivity index (χ3n) is 5.99. The number of thiophene rings is 1. The van der Waals surface area contributed by atoms with E-state index in [-0.39, 0.29) is 11.0 Å². The average molecular weight is 509 g/mol. The number of rotatable bonds is 7. The molecular weight excluding hydrogens is 484 g/mol. The molecule has 0 aliphatic carbocycles. The van der Waals surface area contributed by atoms with E-state index in [0.29, 0.717) is 23.5 Å². The largest absolute Gasteiger partial charge is 0.379 e. The monoisotopic (exact) mass is 508 g/mol. The van der Waals surface area contributed by atoms with Crippen LogP contribution in [0.25, 0.3) is 10.2 Å². The molecule has 3 aromatic heterocycles. The molecule has 1 aromatic carbocycles. The van der Waals surface area contributed by atoms with Crippen LogP contribution in [0.4, 0.5) is 0 Å². The minimum atomic E-state index is -0.392. The summed E-state index contributed by atoms with van der Waals surface area (Å²) in [4.78, 5) is 34.9. The van der Waals surface area contributed by atoms with Gasteiger partial charge in [0.2, 0.25) is 5.43 Å². The normalized spacial score (nSPS) is 14.3. The van der Waals surface area contributed by atoms with Crippen molar-refractivity contribution in [3.8, 4) is 0 Å². The summed E-state index contributed by atoms with van der Waals surface area (Å²) in [6.45, 7) is 4.78. The number of ether oxygens (including phenoxy) is 1. The maximum Gasteiger partial charge on any atom is 0.257 e. The van der Waals surface area contributed by atoms with Crippen LogP contribution in [0, 0.1) is 0 Å². The maximum absolute atomic E-state index is 13.4. The zero-order valence-corrected chi connectivity index (χ0v) is 20.6. The molecule has 0 radical (unpaired) electrons. The third-order valence-corrected chi connectivity index (χ3v) is 7.40. The lowest BCUT2D eigenvalue weighted by Crippen LogP contribution is -2.35. The molecule has 1 aliphatic rings. The molecule has 0 spiro atoms. The molecule has 0 saturated carbocycles. The van der Waals surface area contributed by atoms with Gasteiger partial charge in [-0.2, -0.15) is 0 Å². The smallest absolute Gasteiger partial charge is 0.257 e. The molecule has 4 aromatic rings. The predicted octanol–water partition coefficient (Wildman–Crippen LogP) is 3.92. The van der Waals surface area contributed by atoms with Crippen molar-refractivity contribution >= 4 is 39.1 Å². The quantitative estimate of drug-likeness (QED) is 0.409. The Morgan fingerprint density at radius 2 is 1.80 bits per heavy atom. The first kappa shape index (κ1) is 23.7. The lowest BCUT2D eigenvalue weighted by atomic mass is 10.1. The number of aromatic nitrogens is 2. The Hall–Kier alpha value is -3.04. The molecule has 9 heteroatoms. The second kappa shape index (κ2) is 10.7. The summed E-state index contributed by atoms with van der Waals surface area (Å²) in [6, 6.07) is 13.1. The van der Waals surface area contributed by atoms with Crippen molar-refractivity contribution in [1.29, 1.82) is 0 Å². The van der Waals surface area contributed by atoms with Gasteiger partial charge in [0.1, 0.15) is 10.4 Å². The van der Waals surface area contributed by atoms with Crippen LogP contribution in [-0.2, 0) is 24.4 Å². The number of hydrogen-bond acceptors (Lipinski definition) is 6. The molecule has 0 bridgehead atoms. The number of benzene rings is 1. The first-order chi connectivity index (χ1) is 17.1. The number of morpholine rings is 1. The van der Waals surface area contributed by atoms with E-state index in [2.05, 4.69) is 15.2 Å². The summed E-state index contributed by atoms with van der Waals surface area (Å²) >= 11 is 7.55. The number of carbonyl (C=O) groups is 1. The molecule has 4 heterocycles. The summed E-state index contributed by atoms with van der Waals surface area (Å²) in [5.74, 6) is -0.392. The lowest BCUT2D eigenvalue weighted by molar-refractivity contribution is 0.0346. The molecule has 35 heavy (non-hydrogen) atoms. The van der Waals surface area contributed by atoms with Crippen molar-refractivity contribution < 1.29 is 9.53 Å². The molecule has 1 N–H and O–H groups in total. The van der Waals surface area contributed by atoms with Gasteiger partial charge in [-0.05, 0) is 41.5 Å². The summed E-state index contributed by atoms with van der Waals surface area (Å²) in [6.07, 6.45) is 5.16. The van der Waals surface area contributed by atoms with E-state index in [1.54, 1.807) is 42.1 Å². The highest BCUT2D eigenvalue weighted by Gasteiger charge is 2.19. The van der Waals surface area contributed by atoms with Crippen LogP contribution < -0.4 is 10.7 Å². The van der Waals surface area contributed by atoms with Crippen LogP contribution in [0.3, 0.4) is 0 Å². The summed E-state index contributed by atoms with van der Waals surface area (Å²) in [5, 5.41) is 4.09. The van der Waals surface area contributed by atoms with Crippen molar-refractivity contribution in [1.82, 2.24) is 19.8 Å². The van der Waals surface area contributed by atoms with Gasteiger partial charge in [-0.25, -0.2) is 0 Å². The third kappa shape index (κ3) is 5.62. The summed E-state index contributed by atoms with van der Waals surface area (Å²) < 4.78 is 7.45. The fraction of sp³-hybridized carbons (Fsp3) is 0.269. The van der Waals surface area contributed by atoms with E-state index in [4.69, 9.17) is 16.3 Å². The van der Waals surface area contributed by atoms with E-state index >= 15 is 0 Å². The molecule has 1 amide bonds. The van der Waals surface area contributed by atoms with Crippen molar-refractivity contribution in [2.75, 3.05) is 26.3 Å². The number of nitrogens with one attached hydrogen (secondary N) is 1. The molecule has 1 saturated heterocycles. The van der Waals surface area contributed by atoms with Crippen LogP contribution >= 0.6 is 22.9 Å². The lowest BCUT2D eigenvalue weighted by Gasteiger charge is -2.25. The molecule has 7 nitrogen and oxygen atoms in total. The number of amides is 1. The molecule has 0 unspecified atom stereocenters. The van der Waals surface area contributed by atoms with Gasteiger partial charge in [0.15, 0.2) is 0 Å². The van der Waals surface area contributed by atoms with Gasteiger partial charge < -0.3 is 14.6 Å². The van der Waals surface area contributed by atoms with E-state index < -0.39 is 5.91 Å². The van der Waals surface area contributed by atoms with Crippen molar-refractivity contribution in [2.24, 2.45) is 0 Å². The number of fused-ring (bicyclic) bond motifs is 1. The van der Waals surface area contributed by atoms with E-state index in [0.717, 1.165) is 53.7 Å². The zero-order valence-electron chi connectivity index (χ0n) is 19.1. The Balaban J connectivity index is 1.47. The van der Waals surface area contributed by atoms with Crippen LogP contribution in [0.15, 0.2) is 65.8 Å². The number of hydrogen-bond donors (Lipinski definition) is 1. The van der Waals surface area contributed by atoms with Crippen LogP contribution in [0.5, 0.6) is 0 Å². The van der Waals surface area contributed by atoms with Gasteiger partial charge in [-0.3, -0.25) is 19.5 Å². The minimum Gasteiger partial charge on any atom is -0.379 e. The van der Waals surface area contributed by atoms with E-state index in [9.17, 15) is 9.59 Å². The second-order valence-electron chi connectivity index (χ2n) is 8.48. The van der Waals surface area contributed by atoms with Crippen LogP contribution in [0.2, 0.25) is 5.02 Å². The minimum absolute atomic E-state index is 0.135. The first-order valence-corrected chi connectivity index (χ1v) is 12.6. The second-order valence-corrected chi connectivity index (χ2v) is 10.0. The Morgan fingerprint density at radius 3 is 2.54 bits per heavy atom. The fourth-order valence-electron chi connectivity index (χ4n) is 4.13. The van der Waals surface area contributed by atoms with Crippen molar-refractivity contribution in [2.45, 2.75) is 19.6 Å². The van der Waals surface area contributed by atoms with E-state index in [1.807, 2.05) is 34.9 Å². The molecule has 1 aliphatic heterocycles. The highest BCUT2D eigenvalue weighted by molar-refractivity contribution is 7.18. The number of nitrogens with zero attached hydrogens (tertiary/aromatic N) is 3. The molecule has 0 atom stereocenters. The number of carbonyl (C=O) groups excluding carboxylic acids is 1. The first-order valence-electron chi connectivity index (χ1n) is 11.4. The van der Waals surface area contributed by atoms with Crippen molar-refractivity contribution in [3.63, 3.8) is 0 Å². The standard InChI is InChI=1S/C26H25ClN4O3S/c27-20-3-1-18(2-4-20)14-29-25(33)23-17-31(15-19-5-7-28-8-6-19)26-22(24(23)32)13-21(35-26)16-30-9-11-34-12-10-30/h1-8,13,17H,9-12,14-16H2,(H,29,33). The van der Waals surface area contributed by atoms with Gasteiger partial charge in [-0.15, -0.1) is 11.3 Å². The fourth-order valence-corrected chi connectivity index (χ4v) is 5.42. The van der Waals surface area contributed by atoms with Gasteiger partial charge in [0, 0.05) is 61.2 Å².